The molecule has 3 rings (SSSR count). The summed E-state index contributed by atoms with van der Waals surface area (Å²) in [5.74, 6) is 1.81. The van der Waals surface area contributed by atoms with Crippen LogP contribution in [-0.2, 0) is 11.8 Å². The van der Waals surface area contributed by atoms with E-state index in [9.17, 15) is 4.79 Å². The van der Waals surface area contributed by atoms with Crippen molar-refractivity contribution in [2.45, 2.75) is 38.8 Å². The fraction of sp³-hybridized carbons (Fsp3) is 0.348. The van der Waals surface area contributed by atoms with Gasteiger partial charge in [-0.2, -0.15) is 0 Å². The summed E-state index contributed by atoms with van der Waals surface area (Å²) in [6, 6.07) is 13.8. The molecule has 0 aliphatic rings. The van der Waals surface area contributed by atoms with Crippen LogP contribution in [0, 0.1) is 13.8 Å². The number of carbonyl (C=O) groups excluding carboxylic acids is 1. The first kappa shape index (κ1) is 21.9. The van der Waals surface area contributed by atoms with Crippen molar-refractivity contribution in [1.82, 2.24) is 14.8 Å². The van der Waals surface area contributed by atoms with Gasteiger partial charge in [-0.1, -0.05) is 42.8 Å². The van der Waals surface area contributed by atoms with Gasteiger partial charge in [-0.05, 0) is 56.2 Å². The van der Waals surface area contributed by atoms with Crippen LogP contribution in [0.15, 0.2) is 47.6 Å². The topological polar surface area (TPSA) is 69.0 Å². The zero-order valence-electron chi connectivity index (χ0n) is 17.9. The molecule has 1 N–H and O–H groups in total. The van der Waals surface area contributed by atoms with Gasteiger partial charge in [-0.15, -0.1) is 10.2 Å². The maximum atomic E-state index is 12.4. The number of carbonyl (C=O) groups is 1. The SMILES string of the molecule is CCCCOc1ccc(-c2nnc(SCC(=O)Nc3ccc(C)cc3C)n2C)cc1. The second-order valence-corrected chi connectivity index (χ2v) is 8.19. The molecular weight excluding hydrogens is 396 g/mol. The summed E-state index contributed by atoms with van der Waals surface area (Å²) in [5, 5.41) is 12.2. The monoisotopic (exact) mass is 424 g/mol. The minimum absolute atomic E-state index is 0.0647. The highest BCUT2D eigenvalue weighted by Gasteiger charge is 2.13. The molecule has 3 aromatic rings. The highest BCUT2D eigenvalue weighted by atomic mass is 32.2. The Kier molecular flexibility index (Phi) is 7.52. The summed E-state index contributed by atoms with van der Waals surface area (Å²) in [4.78, 5) is 12.4. The summed E-state index contributed by atoms with van der Waals surface area (Å²) in [6.45, 7) is 6.89. The van der Waals surface area contributed by atoms with E-state index in [0.29, 0.717) is 5.16 Å². The van der Waals surface area contributed by atoms with Gasteiger partial charge in [-0.3, -0.25) is 4.79 Å². The van der Waals surface area contributed by atoms with Gasteiger partial charge in [-0.25, -0.2) is 0 Å². The number of hydrogen-bond donors (Lipinski definition) is 1. The standard InChI is InChI=1S/C23H28N4O2S/c1-5-6-13-29-19-10-8-18(9-11-19)22-25-26-23(27(22)4)30-15-21(28)24-20-12-7-16(2)14-17(20)3/h7-12,14H,5-6,13,15H2,1-4H3,(H,24,28). The van der Waals surface area contributed by atoms with E-state index < -0.39 is 0 Å². The molecule has 0 bridgehead atoms. The van der Waals surface area contributed by atoms with Gasteiger partial charge in [0.25, 0.3) is 0 Å². The molecule has 1 heterocycles. The molecule has 0 aliphatic heterocycles. The molecular formula is C23H28N4O2S. The lowest BCUT2D eigenvalue weighted by Gasteiger charge is -2.09. The van der Waals surface area contributed by atoms with Gasteiger partial charge in [0.15, 0.2) is 11.0 Å². The number of aromatic nitrogens is 3. The lowest BCUT2D eigenvalue weighted by molar-refractivity contribution is -0.113. The Morgan fingerprint density at radius 1 is 1.13 bits per heavy atom. The Balaban J connectivity index is 1.59. The molecule has 2 aromatic carbocycles. The van der Waals surface area contributed by atoms with E-state index >= 15 is 0 Å². The van der Waals surface area contributed by atoms with Gasteiger partial charge in [0.05, 0.1) is 12.4 Å². The molecule has 0 saturated heterocycles. The Hall–Kier alpha value is -2.80. The molecule has 0 saturated carbocycles. The number of anilines is 1. The smallest absolute Gasteiger partial charge is 0.234 e. The minimum atomic E-state index is -0.0647. The van der Waals surface area contributed by atoms with Crippen molar-refractivity contribution in [3.05, 3.63) is 53.6 Å². The molecule has 158 valence electrons. The van der Waals surface area contributed by atoms with E-state index in [1.165, 1.54) is 17.3 Å². The summed E-state index contributed by atoms with van der Waals surface area (Å²) < 4.78 is 7.61. The molecule has 6 nitrogen and oxygen atoms in total. The summed E-state index contributed by atoms with van der Waals surface area (Å²) in [7, 11) is 1.91. The van der Waals surface area contributed by atoms with Gasteiger partial charge < -0.3 is 14.6 Å². The Labute approximate surface area is 182 Å². The van der Waals surface area contributed by atoms with Crippen LogP contribution in [0.1, 0.15) is 30.9 Å². The fourth-order valence-electron chi connectivity index (χ4n) is 3.00. The summed E-state index contributed by atoms with van der Waals surface area (Å²) >= 11 is 1.37. The van der Waals surface area contributed by atoms with Crippen LogP contribution >= 0.6 is 11.8 Å². The first-order valence-corrected chi connectivity index (χ1v) is 11.1. The van der Waals surface area contributed by atoms with Crippen molar-refractivity contribution in [1.29, 1.82) is 0 Å². The van der Waals surface area contributed by atoms with Crippen molar-refractivity contribution < 1.29 is 9.53 Å². The third-order valence-electron chi connectivity index (χ3n) is 4.70. The number of unbranched alkanes of at least 4 members (excludes halogenated alkanes) is 1. The van der Waals surface area contributed by atoms with E-state index in [0.717, 1.165) is 47.8 Å². The van der Waals surface area contributed by atoms with Crippen LogP contribution in [0.4, 0.5) is 5.69 Å². The average Bonchev–Trinajstić information content (AvgIpc) is 3.10. The number of ether oxygens (including phenoxy) is 1. The quantitative estimate of drug-likeness (QED) is 0.386. The van der Waals surface area contributed by atoms with Crippen molar-refractivity contribution in [2.24, 2.45) is 7.05 Å². The molecule has 0 spiro atoms. The first-order chi connectivity index (χ1) is 14.5. The van der Waals surface area contributed by atoms with E-state index in [-0.39, 0.29) is 11.7 Å². The molecule has 0 unspecified atom stereocenters. The summed E-state index contributed by atoms with van der Waals surface area (Å²) in [6.07, 6.45) is 2.16. The van der Waals surface area contributed by atoms with Crippen LogP contribution < -0.4 is 10.1 Å². The Morgan fingerprint density at radius 3 is 2.60 bits per heavy atom. The van der Waals surface area contributed by atoms with E-state index in [4.69, 9.17) is 4.74 Å². The van der Waals surface area contributed by atoms with Crippen LogP contribution in [0.25, 0.3) is 11.4 Å². The molecule has 0 fully saturated rings. The van der Waals surface area contributed by atoms with Crippen LogP contribution in [0.5, 0.6) is 5.75 Å². The number of amides is 1. The van der Waals surface area contributed by atoms with Crippen LogP contribution in [0.3, 0.4) is 0 Å². The van der Waals surface area contributed by atoms with E-state index in [1.54, 1.807) is 0 Å². The molecule has 0 radical (unpaired) electrons. The van der Waals surface area contributed by atoms with Crippen molar-refractivity contribution in [3.63, 3.8) is 0 Å². The molecule has 0 atom stereocenters. The van der Waals surface area contributed by atoms with E-state index in [2.05, 4.69) is 28.5 Å². The normalized spacial score (nSPS) is 10.8. The molecule has 7 heteroatoms. The van der Waals surface area contributed by atoms with Crippen molar-refractivity contribution >= 4 is 23.4 Å². The first-order valence-electron chi connectivity index (χ1n) is 10.1. The second kappa shape index (κ2) is 10.3. The predicted molar refractivity (Wildman–Crippen MR) is 122 cm³/mol. The Bertz CT molecular complexity index is 999. The van der Waals surface area contributed by atoms with Gasteiger partial charge in [0.1, 0.15) is 5.75 Å². The number of hydrogen-bond acceptors (Lipinski definition) is 5. The molecule has 1 amide bonds. The number of nitrogens with one attached hydrogen (secondary N) is 1. The number of nitrogens with zero attached hydrogens (tertiary/aromatic N) is 3. The van der Waals surface area contributed by atoms with Gasteiger partial charge >= 0.3 is 0 Å². The Morgan fingerprint density at radius 2 is 1.90 bits per heavy atom. The average molecular weight is 425 g/mol. The molecule has 30 heavy (non-hydrogen) atoms. The van der Waals surface area contributed by atoms with Crippen molar-refractivity contribution in [3.8, 4) is 17.1 Å². The number of rotatable bonds is 9. The zero-order valence-corrected chi connectivity index (χ0v) is 18.8. The highest BCUT2D eigenvalue weighted by molar-refractivity contribution is 7.99. The van der Waals surface area contributed by atoms with Gasteiger partial charge in [0.2, 0.25) is 5.91 Å². The van der Waals surface area contributed by atoms with E-state index in [1.807, 2.05) is 61.9 Å². The maximum absolute atomic E-state index is 12.4. The number of thioether (sulfide) groups is 1. The zero-order chi connectivity index (χ0) is 21.5. The molecule has 0 aliphatic carbocycles. The lowest BCUT2D eigenvalue weighted by Crippen LogP contribution is -2.15. The molecule has 1 aromatic heterocycles. The van der Waals surface area contributed by atoms with Crippen molar-refractivity contribution in [2.75, 3.05) is 17.7 Å². The second-order valence-electron chi connectivity index (χ2n) is 7.25. The summed E-state index contributed by atoms with van der Waals surface area (Å²) in [5.41, 5.74) is 4.02. The number of benzene rings is 2. The largest absolute Gasteiger partial charge is 0.494 e. The van der Waals surface area contributed by atoms with Gasteiger partial charge in [0, 0.05) is 18.3 Å². The van der Waals surface area contributed by atoms with Crippen LogP contribution in [-0.4, -0.2) is 33.0 Å². The third kappa shape index (κ3) is 5.63. The minimum Gasteiger partial charge on any atom is -0.494 e. The lowest BCUT2D eigenvalue weighted by atomic mass is 10.1. The number of aryl methyl sites for hydroxylation is 2. The van der Waals surface area contributed by atoms with Crippen LogP contribution in [0.2, 0.25) is 0 Å². The third-order valence-corrected chi connectivity index (χ3v) is 5.72. The predicted octanol–water partition coefficient (Wildman–Crippen LogP) is 5.01. The highest BCUT2D eigenvalue weighted by Crippen LogP contribution is 2.25. The fourth-order valence-corrected chi connectivity index (χ4v) is 3.71. The maximum Gasteiger partial charge on any atom is 0.234 e.